The van der Waals surface area contributed by atoms with Crippen LogP contribution in [0.1, 0.15) is 18.4 Å². The molecule has 178 valence electrons. The predicted molar refractivity (Wildman–Crippen MR) is 132 cm³/mol. The molecule has 0 aliphatic carbocycles. The van der Waals surface area contributed by atoms with E-state index in [9.17, 15) is 0 Å². The Balaban J connectivity index is 1.32. The van der Waals surface area contributed by atoms with Crippen molar-refractivity contribution in [3.8, 4) is 33.9 Å². The minimum absolute atomic E-state index is 0.273. The fourth-order valence-corrected chi connectivity index (χ4v) is 4.91. The van der Waals surface area contributed by atoms with Gasteiger partial charge >= 0.3 is 0 Å². The van der Waals surface area contributed by atoms with E-state index >= 15 is 4.39 Å². The minimum Gasteiger partial charge on any atom is -0.472 e. The fraction of sp³-hybridized carbons (Fsp3) is 0.192. The van der Waals surface area contributed by atoms with Crippen molar-refractivity contribution >= 4 is 22.1 Å². The Labute approximate surface area is 204 Å². The van der Waals surface area contributed by atoms with Crippen LogP contribution in [0.15, 0.2) is 59.9 Å². The third kappa shape index (κ3) is 3.45. The number of furan rings is 1. The fourth-order valence-electron chi connectivity index (χ4n) is 4.91. The summed E-state index contributed by atoms with van der Waals surface area (Å²) in [6.07, 6.45) is 12.4. The summed E-state index contributed by atoms with van der Waals surface area (Å²) < 4.78 is 21.2. The molecule has 1 fully saturated rings. The topological polar surface area (TPSA) is 112 Å². The van der Waals surface area contributed by atoms with E-state index in [1.165, 1.54) is 19.0 Å². The summed E-state index contributed by atoms with van der Waals surface area (Å²) in [5.41, 5.74) is 5.70. The molecule has 0 atom stereocenters. The number of nitrogens with one attached hydrogen (secondary N) is 2. The summed E-state index contributed by atoms with van der Waals surface area (Å²) in [5, 5.41) is 7.46. The van der Waals surface area contributed by atoms with Gasteiger partial charge in [-0.05, 0) is 49.7 Å². The summed E-state index contributed by atoms with van der Waals surface area (Å²) in [6.45, 7) is 2.97. The van der Waals surface area contributed by atoms with Gasteiger partial charge in [-0.25, -0.2) is 14.4 Å². The molecule has 7 rings (SSSR count). The maximum absolute atomic E-state index is 16.0. The zero-order chi connectivity index (χ0) is 24.1. The molecule has 0 bridgehead atoms. The van der Waals surface area contributed by atoms with Gasteiger partial charge < -0.3 is 9.40 Å². The molecule has 0 aromatic carbocycles. The lowest BCUT2D eigenvalue weighted by Gasteiger charge is -2.15. The van der Waals surface area contributed by atoms with Crippen molar-refractivity contribution in [3.63, 3.8) is 0 Å². The van der Waals surface area contributed by atoms with E-state index < -0.39 is 5.82 Å². The van der Waals surface area contributed by atoms with Crippen molar-refractivity contribution in [2.24, 2.45) is 0 Å². The lowest BCUT2D eigenvalue weighted by Crippen LogP contribution is -2.18. The van der Waals surface area contributed by atoms with Gasteiger partial charge in [0.15, 0.2) is 11.5 Å². The van der Waals surface area contributed by atoms with E-state index in [1.54, 1.807) is 24.9 Å². The standard InChI is InChI=1S/C26H21FN8O/c27-21-18(17-9-15(10-28-11-17)13-35-6-1-2-7-35)12-30-25-20(21)24(33-34-25)26-31-19-3-5-29-22(23(19)32-26)16-4-8-36-14-16/h3-5,8-12,14H,1-2,6-7,13H2,(H,31,32)(H,30,33,34). The van der Waals surface area contributed by atoms with Gasteiger partial charge in [-0.2, -0.15) is 5.10 Å². The van der Waals surface area contributed by atoms with Crippen molar-refractivity contribution < 1.29 is 8.81 Å². The Hall–Kier alpha value is -4.44. The number of hydrogen-bond acceptors (Lipinski definition) is 7. The lowest BCUT2D eigenvalue weighted by molar-refractivity contribution is 0.331. The van der Waals surface area contributed by atoms with Gasteiger partial charge in [0.25, 0.3) is 0 Å². The van der Waals surface area contributed by atoms with E-state index in [0.29, 0.717) is 39.5 Å². The number of aromatic nitrogens is 7. The maximum atomic E-state index is 16.0. The SMILES string of the molecule is Fc1c(-c2cncc(CN3CCCC3)c2)cnc2[nH]nc(-c3nc4c(-c5ccoc5)nccc4[nH]3)c12. The van der Waals surface area contributed by atoms with Gasteiger partial charge in [0.1, 0.15) is 22.7 Å². The van der Waals surface area contributed by atoms with E-state index in [4.69, 9.17) is 9.40 Å². The molecule has 6 aromatic heterocycles. The highest BCUT2D eigenvalue weighted by molar-refractivity contribution is 5.96. The smallest absolute Gasteiger partial charge is 0.159 e. The molecule has 0 saturated carbocycles. The highest BCUT2D eigenvalue weighted by Crippen LogP contribution is 2.34. The van der Waals surface area contributed by atoms with Crippen molar-refractivity contribution in [2.75, 3.05) is 13.1 Å². The Morgan fingerprint density at radius 3 is 2.81 bits per heavy atom. The molecule has 6 aromatic rings. The summed E-state index contributed by atoms with van der Waals surface area (Å²) >= 11 is 0. The van der Waals surface area contributed by atoms with Crippen LogP contribution < -0.4 is 0 Å². The Kier molecular flexibility index (Phi) is 4.84. The van der Waals surface area contributed by atoms with Crippen molar-refractivity contribution in [3.05, 3.63) is 66.9 Å². The number of aromatic amines is 2. The molecule has 9 nitrogen and oxygen atoms in total. The summed E-state index contributed by atoms with van der Waals surface area (Å²) in [6, 6.07) is 5.63. The van der Waals surface area contributed by atoms with Crippen LogP contribution in [-0.4, -0.2) is 53.1 Å². The first-order valence-electron chi connectivity index (χ1n) is 11.8. The average molecular weight is 481 g/mol. The molecule has 1 aliphatic rings. The normalized spacial score (nSPS) is 14.4. The Morgan fingerprint density at radius 1 is 1.03 bits per heavy atom. The quantitative estimate of drug-likeness (QED) is 0.359. The van der Waals surface area contributed by atoms with E-state index in [2.05, 4.69) is 35.0 Å². The number of rotatable bonds is 5. The summed E-state index contributed by atoms with van der Waals surface area (Å²) in [5.74, 6) is 0.00488. The number of H-pyrrole nitrogens is 2. The lowest BCUT2D eigenvalue weighted by atomic mass is 10.0. The largest absolute Gasteiger partial charge is 0.472 e. The molecule has 0 radical (unpaired) electrons. The minimum atomic E-state index is -0.419. The zero-order valence-electron chi connectivity index (χ0n) is 19.2. The first-order chi connectivity index (χ1) is 17.7. The van der Waals surface area contributed by atoms with Gasteiger partial charge in [0.05, 0.1) is 23.4 Å². The van der Waals surface area contributed by atoms with Crippen LogP contribution in [0.5, 0.6) is 0 Å². The Morgan fingerprint density at radius 2 is 1.94 bits per heavy atom. The highest BCUT2D eigenvalue weighted by atomic mass is 19.1. The van der Waals surface area contributed by atoms with Gasteiger partial charge in [-0.1, -0.05) is 0 Å². The molecular formula is C26H21FN8O. The van der Waals surface area contributed by atoms with E-state index in [-0.39, 0.29) is 5.39 Å². The predicted octanol–water partition coefficient (Wildman–Crippen LogP) is 4.95. The number of pyridine rings is 3. The molecular weight excluding hydrogens is 459 g/mol. The van der Waals surface area contributed by atoms with Crippen molar-refractivity contribution in [1.29, 1.82) is 0 Å². The highest BCUT2D eigenvalue weighted by Gasteiger charge is 2.22. The molecule has 1 aliphatic heterocycles. The molecule has 10 heteroatoms. The van der Waals surface area contributed by atoms with Crippen LogP contribution in [0.25, 0.3) is 56.0 Å². The molecule has 2 N–H and O–H groups in total. The van der Waals surface area contributed by atoms with Crippen molar-refractivity contribution in [1.82, 2.24) is 40.0 Å². The summed E-state index contributed by atoms with van der Waals surface area (Å²) in [4.78, 5) is 23.6. The molecule has 1 saturated heterocycles. The number of nitrogens with zero attached hydrogens (tertiary/aromatic N) is 6. The monoisotopic (exact) mass is 480 g/mol. The number of hydrogen-bond donors (Lipinski definition) is 2. The maximum Gasteiger partial charge on any atom is 0.159 e. The first kappa shape index (κ1) is 20.9. The average Bonchev–Trinajstić information content (AvgIpc) is 3.70. The van der Waals surface area contributed by atoms with Gasteiger partial charge in [-0.3, -0.25) is 20.0 Å². The van der Waals surface area contributed by atoms with Crippen molar-refractivity contribution in [2.45, 2.75) is 19.4 Å². The number of likely N-dealkylation sites (tertiary alicyclic amines) is 1. The second kappa shape index (κ2) is 8.35. The third-order valence-corrected chi connectivity index (χ3v) is 6.66. The van der Waals surface area contributed by atoms with Crippen LogP contribution in [-0.2, 0) is 6.54 Å². The van der Waals surface area contributed by atoms with E-state index in [0.717, 1.165) is 36.3 Å². The molecule has 0 spiro atoms. The van der Waals surface area contributed by atoms with Crippen LogP contribution in [0, 0.1) is 5.82 Å². The van der Waals surface area contributed by atoms with Crippen LogP contribution in [0.4, 0.5) is 4.39 Å². The Bertz CT molecular complexity index is 1700. The second-order valence-corrected chi connectivity index (χ2v) is 9.00. The van der Waals surface area contributed by atoms with Crippen LogP contribution in [0.2, 0.25) is 0 Å². The number of fused-ring (bicyclic) bond motifs is 2. The summed E-state index contributed by atoms with van der Waals surface area (Å²) in [7, 11) is 0. The molecule has 36 heavy (non-hydrogen) atoms. The zero-order valence-corrected chi connectivity index (χ0v) is 19.2. The molecule has 7 heterocycles. The van der Waals surface area contributed by atoms with Gasteiger partial charge in [-0.15, -0.1) is 0 Å². The first-order valence-corrected chi connectivity index (χ1v) is 11.8. The molecule has 0 amide bonds. The third-order valence-electron chi connectivity index (χ3n) is 6.66. The second-order valence-electron chi connectivity index (χ2n) is 9.00. The number of imidazole rings is 1. The van der Waals surface area contributed by atoms with Gasteiger partial charge in [0, 0.05) is 48.0 Å². The number of halogens is 1. The van der Waals surface area contributed by atoms with Crippen LogP contribution in [0.3, 0.4) is 0 Å². The van der Waals surface area contributed by atoms with Crippen LogP contribution >= 0.6 is 0 Å². The van der Waals surface area contributed by atoms with Gasteiger partial charge in [0.2, 0.25) is 0 Å². The van der Waals surface area contributed by atoms with E-state index in [1.807, 2.05) is 24.4 Å². The molecule has 0 unspecified atom stereocenters.